The molecule has 19 nitrogen and oxygen atoms in total. The molecule has 510 valence electrons. The quantitative estimate of drug-likeness (QED) is 0.0176. The molecule has 19 heteroatoms. The van der Waals surface area contributed by atoms with Gasteiger partial charge in [0.2, 0.25) is 29.5 Å². The van der Waals surface area contributed by atoms with Gasteiger partial charge in [-0.25, -0.2) is 9.59 Å². The minimum absolute atomic E-state index is 0.0250. The van der Waals surface area contributed by atoms with Crippen LogP contribution in [-0.2, 0) is 63.9 Å². The lowest BCUT2D eigenvalue weighted by molar-refractivity contribution is -0.160. The topological polar surface area (TPSA) is 263 Å². The van der Waals surface area contributed by atoms with E-state index >= 15 is 0 Å². The fourth-order valence-electron chi connectivity index (χ4n) is 11.3. The van der Waals surface area contributed by atoms with Gasteiger partial charge in [-0.1, -0.05) is 213 Å². The molecule has 4 rings (SSSR count). The zero-order valence-corrected chi connectivity index (χ0v) is 57.5. The van der Waals surface area contributed by atoms with Gasteiger partial charge >= 0.3 is 24.0 Å². The van der Waals surface area contributed by atoms with E-state index in [0.29, 0.717) is 19.3 Å². The summed E-state index contributed by atoms with van der Waals surface area (Å²) in [6, 6.07) is 17.4. The van der Waals surface area contributed by atoms with E-state index in [1.165, 1.54) is 25.7 Å². The summed E-state index contributed by atoms with van der Waals surface area (Å²) in [5, 5.41) is 16.6. The second kappa shape index (κ2) is 39.3. The minimum Gasteiger partial charge on any atom is -0.461 e. The average molecular weight is 1280 g/mol. The monoisotopic (exact) mass is 1280 g/mol. The first kappa shape index (κ1) is 77.1. The summed E-state index contributed by atoms with van der Waals surface area (Å²) in [7, 11) is 0. The van der Waals surface area contributed by atoms with Crippen molar-refractivity contribution in [3.8, 4) is 11.1 Å². The van der Waals surface area contributed by atoms with Crippen LogP contribution in [0.4, 0.5) is 4.79 Å². The number of rotatable bonds is 40. The second-order valence-corrected chi connectivity index (χ2v) is 27.5. The first-order valence-corrected chi connectivity index (χ1v) is 33.9. The first-order valence-electron chi connectivity index (χ1n) is 33.9. The van der Waals surface area contributed by atoms with Gasteiger partial charge in [-0.3, -0.25) is 33.6 Å². The van der Waals surface area contributed by atoms with Crippen LogP contribution in [0, 0.1) is 29.6 Å². The highest BCUT2D eigenvalue weighted by Gasteiger charge is 2.38. The Bertz CT molecular complexity index is 2790. The molecule has 0 aromatic heterocycles. The van der Waals surface area contributed by atoms with E-state index in [1.54, 1.807) is 41.5 Å². The molecule has 3 aromatic rings. The maximum Gasteiger partial charge on any atom is 0.407 e. The molecule has 0 heterocycles. The number of unbranched alkanes of at least 4 members (excludes halogenated alkanes) is 8. The van der Waals surface area contributed by atoms with Crippen molar-refractivity contribution in [3.63, 3.8) is 0 Å². The molecule has 1 aliphatic carbocycles. The average Bonchev–Trinajstić information content (AvgIpc) is 1.62. The summed E-state index contributed by atoms with van der Waals surface area (Å²) in [5.41, 5.74) is 4.01. The van der Waals surface area contributed by atoms with Gasteiger partial charge in [0, 0.05) is 5.92 Å². The number of hydrogen-bond donors (Lipinski definition) is 6. The Morgan fingerprint density at radius 3 is 1.43 bits per heavy atom. The summed E-state index contributed by atoms with van der Waals surface area (Å²) in [4.78, 5) is 127. The molecule has 0 fully saturated rings. The number of ether oxygens (including phenoxy) is 4. The maximum absolute atomic E-state index is 14.7. The van der Waals surface area contributed by atoms with Crippen molar-refractivity contribution in [2.45, 2.75) is 260 Å². The van der Waals surface area contributed by atoms with Crippen LogP contribution >= 0.6 is 0 Å². The summed E-state index contributed by atoms with van der Waals surface area (Å²) >= 11 is 0. The molecule has 3 aromatic carbocycles. The Labute approximate surface area is 548 Å². The van der Waals surface area contributed by atoms with Crippen LogP contribution in [0.15, 0.2) is 78.9 Å². The third kappa shape index (κ3) is 27.1. The van der Waals surface area contributed by atoms with Crippen molar-refractivity contribution in [3.05, 3.63) is 95.6 Å². The molecule has 6 N–H and O–H groups in total. The lowest BCUT2D eigenvalue weighted by Crippen LogP contribution is -2.61. The van der Waals surface area contributed by atoms with Gasteiger partial charge in [0.25, 0.3) is 0 Å². The number of alkyl carbamates (subject to hydrolysis) is 1. The van der Waals surface area contributed by atoms with Crippen LogP contribution in [0.3, 0.4) is 0 Å². The number of fused-ring (bicyclic) bond motifs is 3. The summed E-state index contributed by atoms with van der Waals surface area (Å²) in [6.45, 7) is 25.4. The standard InChI is InChI=1S/C73H110N6O13/c1-15-17-18-19-20-21-22-23-27-34-52(42-62(80)89-44-51-32-25-24-26-33-51)91-71(87)65(50(11)16-2)79-69(85)59(40-47(5)6)75-67(83)61(43-63(81)92-73(12,13)14)76-70(86)64(49(9)10)78-68(84)58(39-46(3)4)74-66(82)60(41-48(7)8)77-72(88)90-45-57-55-37-30-28-35-53(55)54-36-29-31-38-56(54)57/h24-26,28-33,35-38,46-50,52,57-61,64-65H,15-23,27,34,39-45H2,1-14H3,(H,74,82)(H,75,83)(H,76,86)(H,77,88)(H,78,84)(H,79,85)/t50-,52?,58+,59-,60-,61-,64-,65-/m0/s1. The molecular weight excluding hydrogens is 1170 g/mol. The van der Waals surface area contributed by atoms with Gasteiger partial charge in [-0.2, -0.15) is 0 Å². The van der Waals surface area contributed by atoms with E-state index < -0.39 is 120 Å². The van der Waals surface area contributed by atoms with Crippen molar-refractivity contribution >= 4 is 53.5 Å². The van der Waals surface area contributed by atoms with E-state index in [4.69, 9.17) is 18.9 Å². The minimum atomic E-state index is -1.64. The molecular formula is C73H110N6O13. The van der Waals surface area contributed by atoms with Crippen molar-refractivity contribution in [2.75, 3.05) is 6.61 Å². The second-order valence-electron chi connectivity index (χ2n) is 27.5. The lowest BCUT2D eigenvalue weighted by Gasteiger charge is -2.30. The molecule has 0 radical (unpaired) electrons. The fraction of sp³-hybridized carbons (Fsp3) is 0.630. The number of nitrogens with one attached hydrogen (secondary N) is 6. The van der Waals surface area contributed by atoms with Crippen molar-refractivity contribution in [1.82, 2.24) is 31.9 Å². The number of carbonyl (C=O) groups is 9. The molecule has 1 aliphatic rings. The first-order chi connectivity index (χ1) is 43.6. The predicted molar refractivity (Wildman–Crippen MR) is 357 cm³/mol. The molecule has 1 unspecified atom stereocenters. The zero-order chi connectivity index (χ0) is 68.1. The summed E-state index contributed by atoms with van der Waals surface area (Å²) < 4.78 is 23.2. The van der Waals surface area contributed by atoms with Crippen LogP contribution in [0.5, 0.6) is 0 Å². The highest BCUT2D eigenvalue weighted by atomic mass is 16.6. The molecule has 0 aliphatic heterocycles. The Morgan fingerprint density at radius 1 is 0.478 bits per heavy atom. The van der Waals surface area contributed by atoms with Crippen molar-refractivity contribution < 1.29 is 62.1 Å². The van der Waals surface area contributed by atoms with E-state index in [9.17, 15) is 43.2 Å². The van der Waals surface area contributed by atoms with Crippen molar-refractivity contribution in [1.29, 1.82) is 0 Å². The van der Waals surface area contributed by atoms with E-state index in [1.807, 2.05) is 127 Å². The van der Waals surface area contributed by atoms with Gasteiger partial charge in [-0.05, 0) is 110 Å². The van der Waals surface area contributed by atoms with Crippen LogP contribution in [0.25, 0.3) is 11.1 Å². The van der Waals surface area contributed by atoms with Crippen molar-refractivity contribution in [2.24, 2.45) is 29.6 Å². The van der Waals surface area contributed by atoms with E-state index in [2.05, 4.69) is 38.8 Å². The number of benzene rings is 3. The molecule has 0 bridgehead atoms. The van der Waals surface area contributed by atoms with Gasteiger partial charge in [0.15, 0.2) is 0 Å². The molecule has 6 amide bonds. The Hall–Kier alpha value is -7.31. The fourth-order valence-corrected chi connectivity index (χ4v) is 11.3. The molecule has 8 atom stereocenters. The number of hydrogen-bond acceptors (Lipinski definition) is 13. The van der Waals surface area contributed by atoms with Crippen LogP contribution in [0.1, 0.15) is 222 Å². The van der Waals surface area contributed by atoms with Gasteiger partial charge in [0.1, 0.15) is 61.2 Å². The largest absolute Gasteiger partial charge is 0.461 e. The molecule has 0 saturated heterocycles. The third-order valence-corrected chi connectivity index (χ3v) is 16.3. The SMILES string of the molecule is CCCCCCCCCCCC(CC(=O)OCc1ccccc1)OC(=O)[C@@H](NC(=O)[C@H](CC(C)C)NC(=O)[C@H](CC(=O)OC(C)(C)C)NC(=O)[C@@H](NC(=O)[C@@H](CC(C)C)NC(=O)[C@H](CC(C)C)NC(=O)OCC1c2ccccc2-c2ccccc21)C(C)C)[C@@H](C)CC. The number of carbonyl (C=O) groups excluding carboxylic acids is 9. The number of amides is 6. The highest BCUT2D eigenvalue weighted by Crippen LogP contribution is 2.44. The molecule has 0 saturated carbocycles. The maximum atomic E-state index is 14.7. The Morgan fingerprint density at radius 2 is 0.935 bits per heavy atom. The third-order valence-electron chi connectivity index (χ3n) is 16.3. The summed E-state index contributed by atoms with van der Waals surface area (Å²) in [6.07, 6.45) is 8.44. The highest BCUT2D eigenvalue weighted by molar-refractivity contribution is 5.98. The molecule has 92 heavy (non-hydrogen) atoms. The normalized spacial score (nSPS) is 14.7. The van der Waals surface area contributed by atoms with Gasteiger partial charge in [0.05, 0.1) is 12.8 Å². The Balaban J connectivity index is 1.52. The zero-order valence-electron chi connectivity index (χ0n) is 57.5. The number of esters is 3. The van der Waals surface area contributed by atoms with Crippen LogP contribution in [0.2, 0.25) is 0 Å². The van der Waals surface area contributed by atoms with E-state index in [0.717, 1.165) is 53.5 Å². The lowest BCUT2D eigenvalue weighted by atomic mass is 9.97. The molecule has 0 spiro atoms. The summed E-state index contributed by atoms with van der Waals surface area (Å²) in [5.74, 6) is -7.59. The van der Waals surface area contributed by atoms with Gasteiger partial charge in [-0.15, -0.1) is 0 Å². The van der Waals surface area contributed by atoms with Crippen LogP contribution in [-0.4, -0.2) is 108 Å². The van der Waals surface area contributed by atoms with Gasteiger partial charge < -0.3 is 50.8 Å². The van der Waals surface area contributed by atoms with E-state index in [-0.39, 0.29) is 62.6 Å². The smallest absolute Gasteiger partial charge is 0.407 e. The van der Waals surface area contributed by atoms with Crippen LogP contribution < -0.4 is 31.9 Å². The Kier molecular flexibility index (Phi) is 32.9. The predicted octanol–water partition coefficient (Wildman–Crippen LogP) is 11.9.